The van der Waals surface area contributed by atoms with E-state index in [0.29, 0.717) is 46.6 Å². The lowest BCUT2D eigenvalue weighted by Gasteiger charge is -2.37. The number of likely N-dealkylation sites (tertiary alicyclic amines) is 1. The van der Waals surface area contributed by atoms with Crippen molar-refractivity contribution in [2.45, 2.75) is 101 Å². The van der Waals surface area contributed by atoms with Gasteiger partial charge in [0.1, 0.15) is 11.7 Å². The summed E-state index contributed by atoms with van der Waals surface area (Å²) in [6.45, 7) is 3.04. The Labute approximate surface area is 351 Å². The van der Waals surface area contributed by atoms with Crippen LogP contribution in [0.1, 0.15) is 94.6 Å². The van der Waals surface area contributed by atoms with Crippen LogP contribution in [0, 0.1) is 17.7 Å². The summed E-state index contributed by atoms with van der Waals surface area (Å²) in [5.74, 6) is -0.702. The Balaban J connectivity index is 0.727. The van der Waals surface area contributed by atoms with E-state index in [9.17, 15) is 24.0 Å². The molecule has 3 N–H and O–H groups in total. The molecule has 1 unspecified atom stereocenters. The standard InChI is InChI=1S/C46H51FN8O6/c47-36-26-48-45(52-42(36)31-5-4-8-35(24-31)54-20-2-1-9-41(54)57)50-34-7-3-6-32(23-34)43(58)49-33-13-10-28(11-14-33)27-53-21-18-29(19-22-53)30-12-15-37-39(25-30)61-46(60)55(37)38-16-17-40(56)51-44(38)59/h1-2,4-5,8-9,12,15,20,24-26,28-29,32-34,38H,3,6-7,10-11,13-14,16-19,21-23,27H2,(H,49,58)(H,48,50,52)(H,51,56,59)/t28?,32-,33?,34-,38?/m0/s1. The van der Waals surface area contributed by atoms with Gasteiger partial charge in [0.05, 0.1) is 11.7 Å². The first kappa shape index (κ1) is 40.4. The third-order valence-electron chi connectivity index (χ3n) is 13.3. The number of oxazole rings is 1. The number of anilines is 1. The summed E-state index contributed by atoms with van der Waals surface area (Å²) in [5.41, 5.74) is 3.26. The fraction of sp³-hybridized carbons (Fsp3) is 0.457. The Bertz CT molecular complexity index is 2550. The maximum Gasteiger partial charge on any atom is 0.420 e. The van der Waals surface area contributed by atoms with E-state index in [1.807, 2.05) is 18.2 Å². The number of nitrogens with one attached hydrogen (secondary N) is 3. The number of amides is 3. The largest absolute Gasteiger partial charge is 0.420 e. The van der Waals surface area contributed by atoms with Crippen molar-refractivity contribution in [2.75, 3.05) is 25.0 Å². The van der Waals surface area contributed by atoms with Crippen LogP contribution in [-0.2, 0) is 14.4 Å². The second kappa shape index (κ2) is 17.6. The molecule has 2 saturated carbocycles. The Hall–Kier alpha value is -5.96. The molecule has 2 aliphatic heterocycles. The molecule has 15 heteroatoms. The number of imide groups is 1. The number of benzene rings is 2. The zero-order chi connectivity index (χ0) is 42.0. The van der Waals surface area contributed by atoms with Crippen molar-refractivity contribution in [1.82, 2.24) is 34.6 Å². The van der Waals surface area contributed by atoms with E-state index < -0.39 is 23.5 Å². The molecule has 2 aliphatic carbocycles. The Morgan fingerprint density at radius 3 is 2.52 bits per heavy atom. The summed E-state index contributed by atoms with van der Waals surface area (Å²) in [6, 6.07) is 17.2. The van der Waals surface area contributed by atoms with Crippen molar-refractivity contribution in [3.8, 4) is 16.9 Å². The van der Waals surface area contributed by atoms with E-state index in [4.69, 9.17) is 4.42 Å². The summed E-state index contributed by atoms with van der Waals surface area (Å²) in [6.07, 6.45) is 12.6. The minimum absolute atomic E-state index is 0.0208. The number of fused-ring (bicyclic) bond motifs is 1. The van der Waals surface area contributed by atoms with Gasteiger partial charge in [-0.1, -0.05) is 30.7 Å². The number of hydrogen-bond acceptors (Lipinski definition) is 10. The topological polar surface area (TPSA) is 173 Å². The quantitative estimate of drug-likeness (QED) is 0.145. The van der Waals surface area contributed by atoms with E-state index >= 15 is 4.39 Å². The zero-order valence-electron chi connectivity index (χ0n) is 34.1. The fourth-order valence-corrected chi connectivity index (χ4v) is 9.98. The third kappa shape index (κ3) is 8.93. The van der Waals surface area contributed by atoms with Crippen molar-refractivity contribution in [1.29, 1.82) is 0 Å². The number of aromatic nitrogens is 4. The van der Waals surface area contributed by atoms with Crippen LogP contribution in [0.25, 0.3) is 28.0 Å². The van der Waals surface area contributed by atoms with Gasteiger partial charge in [-0.05, 0) is 125 Å². The molecular formula is C46H51FN8O6. The van der Waals surface area contributed by atoms with Crippen LogP contribution in [0.5, 0.6) is 0 Å². The average molecular weight is 831 g/mol. The van der Waals surface area contributed by atoms with Crippen LogP contribution >= 0.6 is 0 Å². The molecule has 3 aromatic heterocycles. The molecule has 0 bridgehead atoms. The first-order chi connectivity index (χ1) is 29.6. The molecule has 2 aromatic carbocycles. The summed E-state index contributed by atoms with van der Waals surface area (Å²) < 4.78 is 23.5. The van der Waals surface area contributed by atoms with Gasteiger partial charge in [-0.25, -0.2) is 19.2 Å². The number of hydrogen-bond donors (Lipinski definition) is 3. The maximum absolute atomic E-state index is 15.1. The van der Waals surface area contributed by atoms with E-state index in [0.717, 1.165) is 89.2 Å². The molecule has 4 fully saturated rings. The lowest BCUT2D eigenvalue weighted by Crippen LogP contribution is -2.44. The van der Waals surface area contributed by atoms with Gasteiger partial charge < -0.3 is 20.0 Å². The minimum atomic E-state index is -0.755. The highest BCUT2D eigenvalue weighted by Crippen LogP contribution is 2.34. The number of carbonyl (C=O) groups excluding carboxylic acids is 3. The van der Waals surface area contributed by atoms with Gasteiger partial charge in [-0.15, -0.1) is 0 Å². The number of halogens is 1. The zero-order valence-corrected chi connectivity index (χ0v) is 34.1. The van der Waals surface area contributed by atoms with Crippen LogP contribution < -0.4 is 27.3 Å². The summed E-state index contributed by atoms with van der Waals surface area (Å²) >= 11 is 0. The summed E-state index contributed by atoms with van der Waals surface area (Å²) in [5, 5.41) is 9.08. The SMILES string of the molecule is O=C1CCC(n2c(=O)oc3cc(C4CCN(CC5CCC(NC(=O)[C@H]6CCC[C@H](Nc7ncc(F)c(-c8cccc(-n9ccccc9=O)c8)n7)C6)CC5)CC4)ccc32)C(=O)N1. The Kier molecular flexibility index (Phi) is 11.6. The van der Waals surface area contributed by atoms with E-state index in [1.165, 1.54) is 15.2 Å². The fourth-order valence-electron chi connectivity index (χ4n) is 9.98. The molecule has 0 radical (unpaired) electrons. The van der Waals surface area contributed by atoms with Gasteiger partial charge in [0.25, 0.3) is 5.56 Å². The molecule has 318 valence electrons. The predicted molar refractivity (Wildman–Crippen MR) is 227 cm³/mol. The molecule has 14 nitrogen and oxygen atoms in total. The summed E-state index contributed by atoms with van der Waals surface area (Å²) in [7, 11) is 0. The smallest absolute Gasteiger partial charge is 0.408 e. The average Bonchev–Trinajstić information content (AvgIpc) is 3.60. The van der Waals surface area contributed by atoms with Gasteiger partial charge in [0.2, 0.25) is 23.7 Å². The highest BCUT2D eigenvalue weighted by molar-refractivity contribution is 6.00. The minimum Gasteiger partial charge on any atom is -0.408 e. The molecule has 4 aliphatic rings. The van der Waals surface area contributed by atoms with Crippen LogP contribution in [0.15, 0.2) is 87.1 Å². The number of pyridine rings is 1. The van der Waals surface area contributed by atoms with Crippen LogP contribution in [0.4, 0.5) is 10.3 Å². The van der Waals surface area contributed by atoms with Gasteiger partial charge in [-0.2, -0.15) is 0 Å². The molecule has 3 amide bonds. The maximum atomic E-state index is 15.1. The third-order valence-corrected chi connectivity index (χ3v) is 13.3. The number of carbonyl (C=O) groups is 3. The first-order valence-electron chi connectivity index (χ1n) is 21.7. The molecule has 5 aromatic rings. The molecule has 0 spiro atoms. The molecule has 3 atom stereocenters. The number of nitrogens with zero attached hydrogens (tertiary/aromatic N) is 5. The predicted octanol–water partition coefficient (Wildman–Crippen LogP) is 5.84. The van der Waals surface area contributed by atoms with Crippen molar-refractivity contribution >= 4 is 34.8 Å². The Morgan fingerprint density at radius 1 is 0.885 bits per heavy atom. The molecule has 2 saturated heterocycles. The number of rotatable bonds is 10. The monoisotopic (exact) mass is 830 g/mol. The summed E-state index contributed by atoms with van der Waals surface area (Å²) in [4.78, 5) is 74.1. The second-order valence-corrected chi connectivity index (χ2v) is 17.3. The first-order valence-corrected chi connectivity index (χ1v) is 21.7. The van der Waals surface area contributed by atoms with Crippen LogP contribution in [0.3, 0.4) is 0 Å². The van der Waals surface area contributed by atoms with E-state index in [-0.39, 0.29) is 53.9 Å². The lowest BCUT2D eigenvalue weighted by atomic mass is 9.82. The number of piperidine rings is 2. The van der Waals surface area contributed by atoms with Crippen molar-refractivity contribution < 1.29 is 23.2 Å². The van der Waals surface area contributed by atoms with E-state index in [2.05, 4.69) is 30.8 Å². The Morgan fingerprint density at radius 2 is 1.72 bits per heavy atom. The highest BCUT2D eigenvalue weighted by Gasteiger charge is 2.33. The molecule has 5 heterocycles. The second-order valence-electron chi connectivity index (χ2n) is 17.3. The van der Waals surface area contributed by atoms with E-state index in [1.54, 1.807) is 42.6 Å². The van der Waals surface area contributed by atoms with Gasteiger partial charge in [0, 0.05) is 54.5 Å². The molecular weight excluding hydrogens is 780 g/mol. The van der Waals surface area contributed by atoms with Crippen LogP contribution in [0.2, 0.25) is 0 Å². The van der Waals surface area contributed by atoms with Crippen LogP contribution in [-0.4, -0.2) is 73.4 Å². The van der Waals surface area contributed by atoms with Gasteiger partial charge in [-0.3, -0.25) is 33.6 Å². The van der Waals surface area contributed by atoms with Crippen molar-refractivity contribution in [3.05, 3.63) is 105 Å². The lowest BCUT2D eigenvalue weighted by molar-refractivity contribution is -0.135. The molecule has 9 rings (SSSR count). The normalized spacial score (nSPS) is 24.0. The van der Waals surface area contributed by atoms with Gasteiger partial charge >= 0.3 is 5.76 Å². The van der Waals surface area contributed by atoms with Crippen molar-refractivity contribution in [3.63, 3.8) is 0 Å². The van der Waals surface area contributed by atoms with Gasteiger partial charge in [0.15, 0.2) is 11.4 Å². The highest BCUT2D eigenvalue weighted by atomic mass is 19.1. The molecule has 61 heavy (non-hydrogen) atoms. The van der Waals surface area contributed by atoms with Crippen molar-refractivity contribution in [2.24, 2.45) is 11.8 Å².